The van der Waals surface area contributed by atoms with Crippen molar-refractivity contribution in [3.8, 4) is 23.0 Å². The SMILES string of the molecule is C[C@H](Sc1nnc([C@H]2COc3ccccc3O2)o1)C(=O)NCc1ccc2c(c1)OCO2. The van der Waals surface area contributed by atoms with E-state index < -0.39 is 11.4 Å². The van der Waals surface area contributed by atoms with Crippen molar-refractivity contribution in [1.82, 2.24) is 15.5 Å². The topological polar surface area (TPSA) is 105 Å². The summed E-state index contributed by atoms with van der Waals surface area (Å²) in [4.78, 5) is 12.5. The van der Waals surface area contributed by atoms with E-state index in [0.717, 1.165) is 5.56 Å². The second-order valence-corrected chi connectivity index (χ2v) is 8.23. The van der Waals surface area contributed by atoms with E-state index in [0.29, 0.717) is 40.7 Å². The predicted molar refractivity (Wildman–Crippen MR) is 109 cm³/mol. The minimum absolute atomic E-state index is 0.145. The van der Waals surface area contributed by atoms with Gasteiger partial charge in [-0.2, -0.15) is 0 Å². The Morgan fingerprint density at radius 3 is 2.81 bits per heavy atom. The minimum atomic E-state index is -0.494. The number of para-hydroxylation sites is 2. The predicted octanol–water partition coefficient (Wildman–Crippen LogP) is 3.11. The molecule has 0 bridgehead atoms. The van der Waals surface area contributed by atoms with Crippen LogP contribution in [0.15, 0.2) is 52.1 Å². The first-order chi connectivity index (χ1) is 15.2. The normalized spacial score (nSPS) is 17.3. The molecule has 0 saturated heterocycles. The summed E-state index contributed by atoms with van der Waals surface area (Å²) < 4.78 is 27.9. The molecule has 9 nitrogen and oxygen atoms in total. The average Bonchev–Trinajstić information content (AvgIpc) is 3.46. The molecule has 5 rings (SSSR count). The minimum Gasteiger partial charge on any atom is -0.485 e. The number of rotatable bonds is 6. The Morgan fingerprint density at radius 1 is 1.10 bits per heavy atom. The molecule has 31 heavy (non-hydrogen) atoms. The molecule has 0 radical (unpaired) electrons. The monoisotopic (exact) mass is 441 g/mol. The first-order valence-corrected chi connectivity index (χ1v) is 10.6. The maximum atomic E-state index is 12.5. The van der Waals surface area contributed by atoms with Crippen molar-refractivity contribution in [2.45, 2.75) is 30.0 Å². The fraction of sp³-hybridized carbons (Fsp3) is 0.286. The summed E-state index contributed by atoms with van der Waals surface area (Å²) in [6, 6.07) is 13.0. The van der Waals surface area contributed by atoms with Crippen LogP contribution in [0.5, 0.6) is 23.0 Å². The molecule has 1 amide bonds. The molecule has 0 saturated carbocycles. The standard InChI is InChI=1S/C21H19N3O6S/c1-12(19(25)22-9-13-6-7-15-17(8-13)28-11-27-15)31-21-24-23-20(30-21)18-10-26-14-4-2-3-5-16(14)29-18/h2-8,12,18H,9-11H2,1H3,(H,22,25)/t12-,18+/m0/s1. The largest absolute Gasteiger partial charge is 0.485 e. The molecular formula is C21H19N3O6S. The van der Waals surface area contributed by atoms with Gasteiger partial charge in [0.15, 0.2) is 23.0 Å². The second kappa shape index (κ2) is 8.38. The van der Waals surface area contributed by atoms with Gasteiger partial charge in [-0.1, -0.05) is 30.0 Å². The van der Waals surface area contributed by atoms with Gasteiger partial charge in [-0.05, 0) is 36.8 Å². The van der Waals surface area contributed by atoms with Gasteiger partial charge >= 0.3 is 0 Å². The van der Waals surface area contributed by atoms with Crippen LogP contribution in [0.4, 0.5) is 0 Å². The molecule has 0 fully saturated rings. The van der Waals surface area contributed by atoms with Crippen LogP contribution in [0.1, 0.15) is 24.5 Å². The summed E-state index contributed by atoms with van der Waals surface area (Å²) in [6.45, 7) is 2.65. The van der Waals surface area contributed by atoms with Gasteiger partial charge in [-0.3, -0.25) is 4.79 Å². The first-order valence-electron chi connectivity index (χ1n) is 9.70. The number of amides is 1. The molecule has 0 spiro atoms. The van der Waals surface area contributed by atoms with Crippen molar-refractivity contribution in [2.75, 3.05) is 13.4 Å². The lowest BCUT2D eigenvalue weighted by Gasteiger charge is -2.23. The van der Waals surface area contributed by atoms with Crippen LogP contribution in [0.25, 0.3) is 0 Å². The van der Waals surface area contributed by atoms with E-state index in [4.69, 9.17) is 23.4 Å². The van der Waals surface area contributed by atoms with Crippen molar-refractivity contribution >= 4 is 17.7 Å². The maximum Gasteiger partial charge on any atom is 0.277 e. The third-order valence-corrected chi connectivity index (χ3v) is 5.69. The van der Waals surface area contributed by atoms with Crippen molar-refractivity contribution in [3.05, 3.63) is 53.9 Å². The van der Waals surface area contributed by atoms with Crippen LogP contribution < -0.4 is 24.3 Å². The lowest BCUT2D eigenvalue weighted by Crippen LogP contribution is -2.30. The van der Waals surface area contributed by atoms with Gasteiger partial charge in [0.2, 0.25) is 18.8 Å². The van der Waals surface area contributed by atoms with Gasteiger partial charge in [0.25, 0.3) is 11.1 Å². The quantitative estimate of drug-likeness (QED) is 0.578. The zero-order valence-electron chi connectivity index (χ0n) is 16.6. The molecule has 2 aliphatic heterocycles. The molecular weight excluding hydrogens is 422 g/mol. The number of aromatic nitrogens is 2. The number of carbonyl (C=O) groups excluding carboxylic acids is 1. The van der Waals surface area contributed by atoms with Crippen LogP contribution in [0, 0.1) is 0 Å². The average molecular weight is 441 g/mol. The molecule has 160 valence electrons. The number of benzene rings is 2. The highest BCUT2D eigenvalue weighted by atomic mass is 32.2. The maximum absolute atomic E-state index is 12.5. The summed E-state index contributed by atoms with van der Waals surface area (Å²) in [6.07, 6.45) is -0.494. The van der Waals surface area contributed by atoms with Gasteiger partial charge in [0, 0.05) is 6.54 Å². The lowest BCUT2D eigenvalue weighted by atomic mass is 10.2. The summed E-state index contributed by atoms with van der Waals surface area (Å²) in [5.41, 5.74) is 0.921. The van der Waals surface area contributed by atoms with E-state index in [1.807, 2.05) is 42.5 Å². The van der Waals surface area contributed by atoms with Gasteiger partial charge < -0.3 is 28.7 Å². The van der Waals surface area contributed by atoms with Crippen LogP contribution >= 0.6 is 11.8 Å². The number of ether oxygens (including phenoxy) is 4. The summed E-state index contributed by atoms with van der Waals surface area (Å²) in [5.74, 6) is 2.87. The Bertz CT molecular complexity index is 1100. The van der Waals surface area contributed by atoms with Crippen molar-refractivity contribution < 1.29 is 28.2 Å². The zero-order valence-corrected chi connectivity index (χ0v) is 17.4. The van der Waals surface area contributed by atoms with Gasteiger partial charge in [-0.25, -0.2) is 0 Å². The van der Waals surface area contributed by atoms with Crippen LogP contribution in [0.3, 0.4) is 0 Å². The number of nitrogens with zero attached hydrogens (tertiary/aromatic N) is 2. The fourth-order valence-electron chi connectivity index (χ4n) is 3.13. The Balaban J connectivity index is 1.15. The molecule has 0 unspecified atom stereocenters. The van der Waals surface area contributed by atoms with Crippen molar-refractivity contribution in [3.63, 3.8) is 0 Å². The highest BCUT2D eigenvalue weighted by molar-refractivity contribution is 8.00. The number of fused-ring (bicyclic) bond motifs is 2. The van der Waals surface area contributed by atoms with Gasteiger partial charge in [0.1, 0.15) is 6.61 Å². The first kappa shape index (κ1) is 19.6. The van der Waals surface area contributed by atoms with Gasteiger partial charge in [0.05, 0.1) is 5.25 Å². The molecule has 3 aromatic rings. The Morgan fingerprint density at radius 2 is 1.90 bits per heavy atom. The zero-order chi connectivity index (χ0) is 21.2. The summed E-state index contributed by atoms with van der Waals surface area (Å²) in [5, 5.41) is 10.9. The molecule has 1 N–H and O–H groups in total. The Hall–Kier alpha value is -3.40. The molecule has 10 heteroatoms. The van der Waals surface area contributed by atoms with E-state index in [2.05, 4.69) is 15.5 Å². The molecule has 2 aliphatic rings. The number of hydrogen-bond donors (Lipinski definition) is 1. The smallest absolute Gasteiger partial charge is 0.277 e. The van der Waals surface area contributed by atoms with E-state index in [1.165, 1.54) is 11.8 Å². The van der Waals surface area contributed by atoms with E-state index in [9.17, 15) is 4.79 Å². The summed E-state index contributed by atoms with van der Waals surface area (Å²) in [7, 11) is 0. The number of thioether (sulfide) groups is 1. The van der Waals surface area contributed by atoms with Crippen LogP contribution in [0.2, 0.25) is 0 Å². The third kappa shape index (κ3) is 4.24. The molecule has 1 aromatic heterocycles. The highest BCUT2D eigenvalue weighted by Gasteiger charge is 2.28. The Kier molecular flexibility index (Phi) is 5.29. The van der Waals surface area contributed by atoms with Crippen molar-refractivity contribution in [1.29, 1.82) is 0 Å². The van der Waals surface area contributed by atoms with E-state index in [1.54, 1.807) is 6.92 Å². The molecule has 3 heterocycles. The second-order valence-electron chi connectivity index (χ2n) is 6.94. The van der Waals surface area contributed by atoms with Crippen LogP contribution in [-0.4, -0.2) is 34.8 Å². The van der Waals surface area contributed by atoms with Crippen LogP contribution in [-0.2, 0) is 11.3 Å². The Labute approximate surface area is 182 Å². The third-order valence-electron chi connectivity index (χ3n) is 4.76. The van der Waals surface area contributed by atoms with Crippen molar-refractivity contribution in [2.24, 2.45) is 0 Å². The molecule has 2 aromatic carbocycles. The van der Waals surface area contributed by atoms with E-state index in [-0.39, 0.29) is 19.3 Å². The highest BCUT2D eigenvalue weighted by Crippen LogP contribution is 2.36. The summed E-state index contributed by atoms with van der Waals surface area (Å²) >= 11 is 1.18. The van der Waals surface area contributed by atoms with Gasteiger partial charge in [-0.15, -0.1) is 10.2 Å². The number of nitrogens with one attached hydrogen (secondary N) is 1. The lowest BCUT2D eigenvalue weighted by molar-refractivity contribution is -0.120. The van der Waals surface area contributed by atoms with E-state index >= 15 is 0 Å². The molecule has 0 aliphatic carbocycles. The fourth-order valence-corrected chi connectivity index (χ4v) is 3.84. The molecule has 2 atom stereocenters. The number of carbonyl (C=O) groups is 1. The number of hydrogen-bond acceptors (Lipinski definition) is 9.